The Morgan fingerprint density at radius 1 is 1.39 bits per heavy atom. The van der Waals surface area contributed by atoms with Gasteiger partial charge in [0.2, 0.25) is 0 Å². The average molecular weight is 346 g/mol. The highest BCUT2D eigenvalue weighted by Gasteiger charge is 2.52. The Morgan fingerprint density at radius 2 is 2.17 bits per heavy atom. The predicted molar refractivity (Wildman–Crippen MR) is 71.5 cm³/mol. The summed E-state index contributed by atoms with van der Waals surface area (Å²) in [5.74, 6) is 0. The van der Waals surface area contributed by atoms with E-state index in [9.17, 15) is 24.2 Å². The Labute approximate surface area is 126 Å². The van der Waals surface area contributed by atoms with Gasteiger partial charge in [-0.3, -0.25) is 28.4 Å². The minimum Gasteiger partial charge on any atom is -0.386 e. The van der Waals surface area contributed by atoms with Crippen LogP contribution in [-0.4, -0.2) is 54.4 Å². The fourth-order valence-corrected chi connectivity index (χ4v) is 3.67. The van der Waals surface area contributed by atoms with E-state index in [1.807, 2.05) is 4.98 Å². The van der Waals surface area contributed by atoms with Gasteiger partial charge in [-0.25, -0.2) is 14.3 Å². The summed E-state index contributed by atoms with van der Waals surface area (Å²) in [4.78, 5) is 40.7. The monoisotopic (exact) mass is 346 g/mol. The predicted octanol–water partition coefficient (Wildman–Crippen LogP) is -1.81. The van der Waals surface area contributed by atoms with Gasteiger partial charge in [0.15, 0.2) is 11.7 Å². The van der Waals surface area contributed by atoms with Crippen molar-refractivity contribution in [3.05, 3.63) is 27.2 Å². The summed E-state index contributed by atoms with van der Waals surface area (Å²) in [6.07, 6.45) is -3.06. The number of imidazole rings is 1. The van der Waals surface area contributed by atoms with E-state index in [0.717, 1.165) is 0 Å². The molecule has 0 aromatic carbocycles. The van der Waals surface area contributed by atoms with Crippen LogP contribution >= 0.6 is 7.82 Å². The van der Waals surface area contributed by atoms with Crippen molar-refractivity contribution in [2.24, 2.45) is 0 Å². The number of aromatic nitrogens is 4. The standard InChI is InChI=1S/C10H11N4O8P/c15-5-6-3(1-20-23(18,19)22-6)21-9(5)14-2-11-4-7(14)12-10(17)13-8(4)16/h2-3,5-6,9,15H,1H2,(H,18,19)(H2,12,13,16,17)/t3-,5+,6+,9-/m0/s1. The molecule has 23 heavy (non-hydrogen) atoms. The van der Waals surface area contributed by atoms with Crippen LogP contribution < -0.4 is 11.2 Å². The molecular formula is C10H11N4O8P. The zero-order valence-corrected chi connectivity index (χ0v) is 12.2. The Kier molecular flexibility index (Phi) is 3.10. The second-order valence-electron chi connectivity index (χ2n) is 5.15. The lowest BCUT2D eigenvalue weighted by Gasteiger charge is -2.27. The van der Waals surface area contributed by atoms with Crippen LogP contribution in [0.3, 0.4) is 0 Å². The summed E-state index contributed by atoms with van der Waals surface area (Å²) >= 11 is 0. The number of rotatable bonds is 1. The van der Waals surface area contributed by atoms with Crippen molar-refractivity contribution in [2.75, 3.05) is 6.61 Å². The van der Waals surface area contributed by atoms with Gasteiger partial charge in [-0.2, -0.15) is 0 Å². The SMILES string of the molecule is O=c1[nH]c(=O)c2ncn([C@H]3O[C@H]4COP(=O)(O)O[C@H]4[C@H]3O)c2[nH]1. The number of fused-ring (bicyclic) bond motifs is 2. The number of H-pyrrole nitrogens is 2. The molecule has 2 aliphatic rings. The zero-order chi connectivity index (χ0) is 16.4. The lowest BCUT2D eigenvalue weighted by atomic mass is 10.1. The molecule has 12 nitrogen and oxygen atoms in total. The first-order valence-electron chi connectivity index (χ1n) is 6.54. The number of phosphoric acid groups is 1. The Morgan fingerprint density at radius 3 is 2.96 bits per heavy atom. The molecule has 1 unspecified atom stereocenters. The molecule has 2 aromatic heterocycles. The number of aromatic amines is 2. The van der Waals surface area contributed by atoms with Crippen LogP contribution in [0.4, 0.5) is 0 Å². The van der Waals surface area contributed by atoms with Gasteiger partial charge in [0, 0.05) is 0 Å². The molecule has 5 atom stereocenters. The van der Waals surface area contributed by atoms with Crippen molar-refractivity contribution in [3.63, 3.8) is 0 Å². The molecule has 0 radical (unpaired) electrons. The van der Waals surface area contributed by atoms with Crippen LogP contribution in [0.5, 0.6) is 0 Å². The largest absolute Gasteiger partial charge is 0.472 e. The number of hydrogen-bond donors (Lipinski definition) is 4. The smallest absolute Gasteiger partial charge is 0.386 e. The van der Waals surface area contributed by atoms with E-state index in [1.165, 1.54) is 10.9 Å². The van der Waals surface area contributed by atoms with Crippen molar-refractivity contribution in [3.8, 4) is 0 Å². The van der Waals surface area contributed by atoms with Crippen LogP contribution in [0.25, 0.3) is 11.2 Å². The van der Waals surface area contributed by atoms with E-state index in [2.05, 4.69) is 14.5 Å². The molecule has 13 heteroatoms. The van der Waals surface area contributed by atoms with E-state index in [1.54, 1.807) is 0 Å². The van der Waals surface area contributed by atoms with Crippen LogP contribution in [0.1, 0.15) is 6.23 Å². The Bertz CT molecular complexity index is 933. The topological polar surface area (TPSA) is 169 Å². The van der Waals surface area contributed by atoms with Crippen molar-refractivity contribution >= 4 is 19.0 Å². The van der Waals surface area contributed by atoms with Gasteiger partial charge in [-0.1, -0.05) is 0 Å². The molecule has 0 aliphatic carbocycles. The molecule has 4 N–H and O–H groups in total. The van der Waals surface area contributed by atoms with Crippen LogP contribution in [0, 0.1) is 0 Å². The van der Waals surface area contributed by atoms with E-state index < -0.39 is 43.6 Å². The first-order valence-corrected chi connectivity index (χ1v) is 8.04. The normalized spacial score (nSPS) is 37.1. The molecule has 2 aromatic rings. The van der Waals surface area contributed by atoms with Crippen molar-refractivity contribution in [1.82, 2.24) is 19.5 Å². The lowest BCUT2D eigenvalue weighted by Crippen LogP contribution is -2.39. The summed E-state index contributed by atoms with van der Waals surface area (Å²) < 4.78 is 27.7. The van der Waals surface area contributed by atoms with Gasteiger partial charge >= 0.3 is 13.5 Å². The first-order chi connectivity index (χ1) is 10.9. The highest BCUT2D eigenvalue weighted by atomic mass is 31.2. The van der Waals surface area contributed by atoms with Crippen LogP contribution in [0.15, 0.2) is 15.9 Å². The van der Waals surface area contributed by atoms with E-state index in [4.69, 9.17) is 9.26 Å². The molecule has 2 saturated heterocycles. The third-order valence-corrected chi connectivity index (χ3v) is 4.69. The third kappa shape index (κ3) is 2.27. The van der Waals surface area contributed by atoms with E-state index in [-0.39, 0.29) is 17.8 Å². The summed E-state index contributed by atoms with van der Waals surface area (Å²) in [7, 11) is -4.24. The Hall–Kier alpha value is -1.82. The quantitative estimate of drug-likeness (QED) is 0.435. The fourth-order valence-electron chi connectivity index (χ4n) is 2.71. The maximum Gasteiger partial charge on any atom is 0.472 e. The van der Waals surface area contributed by atoms with Gasteiger partial charge in [-0.15, -0.1) is 0 Å². The van der Waals surface area contributed by atoms with Crippen LogP contribution in [-0.2, 0) is 18.3 Å². The van der Waals surface area contributed by atoms with Crippen LogP contribution in [0.2, 0.25) is 0 Å². The molecule has 0 amide bonds. The van der Waals surface area contributed by atoms with Gasteiger partial charge in [0.05, 0.1) is 12.9 Å². The number of hydrogen-bond acceptors (Lipinski definition) is 8. The second-order valence-corrected chi connectivity index (χ2v) is 6.55. The van der Waals surface area contributed by atoms with E-state index in [0.29, 0.717) is 0 Å². The van der Waals surface area contributed by atoms with Crippen molar-refractivity contribution in [2.45, 2.75) is 24.5 Å². The lowest BCUT2D eigenvalue weighted by molar-refractivity contribution is -0.0664. The molecule has 0 bridgehead atoms. The molecule has 0 spiro atoms. The number of nitrogens with zero attached hydrogens (tertiary/aromatic N) is 2. The summed E-state index contributed by atoms with van der Waals surface area (Å²) in [5, 5.41) is 10.3. The van der Waals surface area contributed by atoms with Gasteiger partial charge in [0.1, 0.15) is 24.0 Å². The zero-order valence-electron chi connectivity index (χ0n) is 11.3. The average Bonchev–Trinajstić information content (AvgIpc) is 3.00. The Balaban J connectivity index is 1.76. The molecule has 4 heterocycles. The van der Waals surface area contributed by atoms with Gasteiger partial charge < -0.3 is 14.7 Å². The maximum atomic E-state index is 11.7. The third-order valence-electron chi connectivity index (χ3n) is 3.71. The maximum absolute atomic E-state index is 11.7. The molecule has 4 rings (SSSR count). The number of ether oxygens (including phenoxy) is 1. The number of phosphoric ester groups is 1. The molecule has 0 saturated carbocycles. The summed E-state index contributed by atoms with van der Waals surface area (Å²) in [5.41, 5.74) is -1.42. The highest BCUT2D eigenvalue weighted by molar-refractivity contribution is 7.47. The van der Waals surface area contributed by atoms with Crippen molar-refractivity contribution in [1.29, 1.82) is 0 Å². The summed E-state index contributed by atoms with van der Waals surface area (Å²) in [6.45, 7) is -0.240. The molecule has 2 aliphatic heterocycles. The number of nitrogens with one attached hydrogen (secondary N) is 2. The number of aliphatic hydroxyl groups excluding tert-OH is 1. The molecular weight excluding hydrogens is 335 g/mol. The summed E-state index contributed by atoms with van der Waals surface area (Å²) in [6, 6.07) is 0. The van der Waals surface area contributed by atoms with Gasteiger partial charge in [0.25, 0.3) is 5.56 Å². The minimum absolute atomic E-state index is 0.0414. The van der Waals surface area contributed by atoms with Gasteiger partial charge in [-0.05, 0) is 0 Å². The second kappa shape index (κ2) is 4.84. The first kappa shape index (κ1) is 14.8. The highest BCUT2D eigenvalue weighted by Crippen LogP contribution is 2.52. The minimum atomic E-state index is -4.24. The van der Waals surface area contributed by atoms with Crippen molar-refractivity contribution < 1.29 is 28.3 Å². The number of aliphatic hydroxyl groups is 1. The molecule has 2 fully saturated rings. The molecule has 124 valence electrons. The fraction of sp³-hybridized carbons (Fsp3) is 0.500. The van der Waals surface area contributed by atoms with E-state index >= 15 is 0 Å².